The molecule has 0 radical (unpaired) electrons. The molecule has 0 saturated carbocycles. The molecule has 1 aliphatic carbocycles. The first-order valence-electron chi connectivity index (χ1n) is 16.2. The molecule has 3 heterocycles. The number of benzene rings is 5. The Balaban J connectivity index is 1.20. The highest BCUT2D eigenvalue weighted by atomic mass is 15.2. The summed E-state index contributed by atoms with van der Waals surface area (Å²) >= 11 is 0. The number of hydrogen-bond acceptors (Lipinski definition) is 2. The lowest BCUT2D eigenvalue weighted by molar-refractivity contribution is 0.565. The summed E-state index contributed by atoms with van der Waals surface area (Å²) in [5.41, 5.74) is 16.1. The molecule has 0 bridgehead atoms. The molecule has 5 aromatic rings. The average Bonchev–Trinajstić information content (AvgIpc) is 3.38. The van der Waals surface area contributed by atoms with Gasteiger partial charge in [-0.25, -0.2) is 0 Å². The van der Waals surface area contributed by atoms with E-state index in [2.05, 4.69) is 159 Å². The standard InChI is InChI=1S/C42H38N2/c1-41(2)32-16-9-11-20-38(32)44-39-24-22-28(26-35(39)42(3,4)34-18-12-17-33(41)40(34)44)27-21-23-37-31(25-27)30-15-8-10-19-36(30)43(37)29-13-6-5-7-14-29/h5-9,11-18,20-26,30,36H,10,19H2,1-4H3. The van der Waals surface area contributed by atoms with Gasteiger partial charge >= 0.3 is 0 Å². The van der Waals surface area contributed by atoms with E-state index in [4.69, 9.17) is 0 Å². The van der Waals surface area contributed by atoms with Gasteiger partial charge in [-0.1, -0.05) is 107 Å². The summed E-state index contributed by atoms with van der Waals surface area (Å²) in [4.78, 5) is 5.14. The van der Waals surface area contributed by atoms with E-state index in [1.807, 2.05) is 0 Å². The predicted molar refractivity (Wildman–Crippen MR) is 184 cm³/mol. The molecule has 0 fully saturated rings. The zero-order valence-electron chi connectivity index (χ0n) is 26.0. The molecule has 0 N–H and O–H groups in total. The molecule has 3 aliphatic heterocycles. The highest BCUT2D eigenvalue weighted by Crippen LogP contribution is 2.60. The first-order chi connectivity index (χ1) is 21.4. The lowest BCUT2D eigenvalue weighted by atomic mass is 9.66. The molecule has 5 aromatic carbocycles. The molecular formula is C42H38N2. The summed E-state index contributed by atoms with van der Waals surface area (Å²) in [6.07, 6.45) is 7.17. The lowest BCUT2D eigenvalue weighted by Gasteiger charge is -2.49. The van der Waals surface area contributed by atoms with Crippen LogP contribution < -0.4 is 9.80 Å². The van der Waals surface area contributed by atoms with Gasteiger partial charge in [-0.3, -0.25) is 0 Å². The second kappa shape index (κ2) is 8.99. The van der Waals surface area contributed by atoms with Crippen molar-refractivity contribution in [3.05, 3.63) is 149 Å². The van der Waals surface area contributed by atoms with Crippen LogP contribution in [-0.4, -0.2) is 6.04 Å². The Kier molecular flexibility index (Phi) is 5.29. The van der Waals surface area contributed by atoms with Crippen LogP contribution in [-0.2, 0) is 10.8 Å². The molecule has 9 rings (SSSR count). The van der Waals surface area contributed by atoms with Gasteiger partial charge in [0.1, 0.15) is 0 Å². The maximum Gasteiger partial charge on any atom is 0.0543 e. The van der Waals surface area contributed by atoms with Crippen molar-refractivity contribution in [1.82, 2.24) is 0 Å². The van der Waals surface area contributed by atoms with Crippen LogP contribution in [0.4, 0.5) is 28.4 Å². The third-order valence-corrected chi connectivity index (χ3v) is 11.1. The summed E-state index contributed by atoms with van der Waals surface area (Å²) < 4.78 is 0. The van der Waals surface area contributed by atoms with Crippen LogP contribution >= 0.6 is 0 Å². The first kappa shape index (κ1) is 25.9. The van der Waals surface area contributed by atoms with Crippen molar-refractivity contribution in [2.75, 3.05) is 9.80 Å². The van der Waals surface area contributed by atoms with E-state index >= 15 is 0 Å². The van der Waals surface area contributed by atoms with Crippen LogP contribution in [0.5, 0.6) is 0 Å². The van der Waals surface area contributed by atoms with Crippen LogP contribution in [0.1, 0.15) is 74.3 Å². The van der Waals surface area contributed by atoms with Gasteiger partial charge in [0.05, 0.1) is 17.1 Å². The quantitative estimate of drug-likeness (QED) is 0.195. The zero-order chi connectivity index (χ0) is 29.8. The fourth-order valence-corrected chi connectivity index (χ4v) is 8.80. The molecule has 4 aliphatic rings. The van der Waals surface area contributed by atoms with Crippen molar-refractivity contribution in [1.29, 1.82) is 0 Å². The van der Waals surface area contributed by atoms with Gasteiger partial charge in [0.2, 0.25) is 0 Å². The van der Waals surface area contributed by atoms with Crippen LogP contribution in [0.2, 0.25) is 0 Å². The highest BCUT2D eigenvalue weighted by molar-refractivity contribution is 5.93. The van der Waals surface area contributed by atoms with Gasteiger partial charge in [-0.2, -0.15) is 0 Å². The Bertz CT molecular complexity index is 2000. The first-order valence-corrected chi connectivity index (χ1v) is 16.2. The van der Waals surface area contributed by atoms with Crippen molar-refractivity contribution in [3.8, 4) is 11.1 Å². The molecule has 2 nitrogen and oxygen atoms in total. The molecule has 0 saturated heterocycles. The largest absolute Gasteiger partial charge is 0.337 e. The van der Waals surface area contributed by atoms with Gasteiger partial charge in [-0.05, 0) is 94.3 Å². The fraction of sp³-hybridized carbons (Fsp3) is 0.238. The summed E-state index contributed by atoms with van der Waals surface area (Å²) in [7, 11) is 0. The summed E-state index contributed by atoms with van der Waals surface area (Å²) in [6, 6.07) is 41.8. The third-order valence-electron chi connectivity index (χ3n) is 11.1. The highest BCUT2D eigenvalue weighted by Gasteiger charge is 2.45. The molecule has 44 heavy (non-hydrogen) atoms. The maximum atomic E-state index is 2.59. The molecule has 216 valence electrons. The number of allylic oxidation sites excluding steroid dienone is 1. The van der Waals surface area contributed by atoms with E-state index in [0.717, 1.165) is 6.42 Å². The van der Waals surface area contributed by atoms with Crippen molar-refractivity contribution in [3.63, 3.8) is 0 Å². The topological polar surface area (TPSA) is 6.48 Å². The molecule has 0 amide bonds. The molecule has 0 spiro atoms. The van der Waals surface area contributed by atoms with Gasteiger partial charge in [0, 0.05) is 34.2 Å². The summed E-state index contributed by atoms with van der Waals surface area (Å²) in [5.74, 6) is 0.423. The minimum atomic E-state index is -0.131. The Labute approximate surface area is 261 Å². The number of hydrogen-bond donors (Lipinski definition) is 0. The van der Waals surface area contributed by atoms with Crippen LogP contribution in [0.3, 0.4) is 0 Å². The second-order valence-electron chi connectivity index (χ2n) is 14.1. The SMILES string of the molecule is CC1(C)c2ccccc2N2c3ccc(-c4ccc5c(c4)C4C=CCCC4N5c4ccccc4)cc3C(C)(C)c3cccc1c32. The number of rotatable bonds is 2. The Morgan fingerprint density at radius 2 is 1.23 bits per heavy atom. The van der Waals surface area contributed by atoms with E-state index in [1.165, 1.54) is 73.8 Å². The lowest BCUT2D eigenvalue weighted by Crippen LogP contribution is -2.38. The van der Waals surface area contributed by atoms with Crippen LogP contribution in [0, 0.1) is 0 Å². The van der Waals surface area contributed by atoms with Gasteiger partial charge in [0.25, 0.3) is 0 Å². The van der Waals surface area contributed by atoms with Crippen molar-refractivity contribution in [2.24, 2.45) is 0 Å². The van der Waals surface area contributed by atoms with Crippen LogP contribution in [0.15, 0.2) is 121 Å². The summed E-state index contributed by atoms with van der Waals surface area (Å²) in [6.45, 7) is 9.58. The molecule has 0 aromatic heterocycles. The number of fused-ring (bicyclic) bond motifs is 7. The van der Waals surface area contributed by atoms with Crippen molar-refractivity contribution in [2.45, 2.75) is 63.3 Å². The smallest absolute Gasteiger partial charge is 0.0543 e. The van der Waals surface area contributed by atoms with Gasteiger partial charge in [0.15, 0.2) is 0 Å². The Hall–Kier alpha value is -4.56. The number of nitrogens with zero attached hydrogens (tertiary/aromatic N) is 2. The minimum absolute atomic E-state index is 0.0601. The normalized spacial score (nSPS) is 21.2. The van der Waals surface area contributed by atoms with E-state index in [9.17, 15) is 0 Å². The number of anilines is 5. The predicted octanol–water partition coefficient (Wildman–Crippen LogP) is 11.1. The van der Waals surface area contributed by atoms with E-state index in [0.29, 0.717) is 12.0 Å². The minimum Gasteiger partial charge on any atom is -0.337 e. The molecular weight excluding hydrogens is 532 g/mol. The fourth-order valence-electron chi connectivity index (χ4n) is 8.80. The van der Waals surface area contributed by atoms with Crippen molar-refractivity contribution < 1.29 is 0 Å². The van der Waals surface area contributed by atoms with E-state index in [-0.39, 0.29) is 10.8 Å². The van der Waals surface area contributed by atoms with E-state index < -0.39 is 0 Å². The van der Waals surface area contributed by atoms with Gasteiger partial charge in [-0.15, -0.1) is 0 Å². The monoisotopic (exact) mass is 570 g/mol. The molecule has 2 heteroatoms. The second-order valence-corrected chi connectivity index (χ2v) is 14.1. The maximum absolute atomic E-state index is 2.59. The van der Waals surface area contributed by atoms with Gasteiger partial charge < -0.3 is 9.80 Å². The van der Waals surface area contributed by atoms with Crippen LogP contribution in [0.25, 0.3) is 11.1 Å². The third kappa shape index (κ3) is 3.37. The Morgan fingerprint density at radius 3 is 2.02 bits per heavy atom. The van der Waals surface area contributed by atoms with E-state index in [1.54, 1.807) is 0 Å². The molecule has 2 unspecified atom stereocenters. The zero-order valence-corrected chi connectivity index (χ0v) is 26.0. The Morgan fingerprint density at radius 1 is 0.591 bits per heavy atom. The number of para-hydroxylation sites is 3. The molecule has 2 atom stereocenters. The summed E-state index contributed by atoms with van der Waals surface area (Å²) in [5, 5.41) is 0. The van der Waals surface area contributed by atoms with Crippen molar-refractivity contribution >= 4 is 28.4 Å². The average molecular weight is 571 g/mol.